The van der Waals surface area contributed by atoms with Crippen molar-refractivity contribution in [1.82, 2.24) is 9.46 Å². The van der Waals surface area contributed by atoms with E-state index < -0.39 is 10.0 Å². The van der Waals surface area contributed by atoms with Gasteiger partial charge in [0.2, 0.25) is 10.0 Å². The summed E-state index contributed by atoms with van der Waals surface area (Å²) in [4.78, 5) is 0.184. The lowest BCUT2D eigenvalue weighted by Crippen LogP contribution is -2.48. The third kappa shape index (κ3) is 2.30. The Labute approximate surface area is 107 Å². The molecule has 2 rings (SSSR count). The van der Waals surface area contributed by atoms with Crippen LogP contribution in [0.5, 0.6) is 0 Å². The maximum absolute atomic E-state index is 12.6. The molecule has 2 heterocycles. The zero-order valence-corrected chi connectivity index (χ0v) is 11.8. The molecular formula is C11H18N2O4S. The van der Waals surface area contributed by atoms with E-state index in [9.17, 15) is 8.42 Å². The number of hydrogen-bond donors (Lipinski definition) is 0. The first-order valence-corrected chi connectivity index (χ1v) is 7.35. The summed E-state index contributed by atoms with van der Waals surface area (Å²) in [5, 5.41) is 3.70. The Hall–Kier alpha value is -0.920. The van der Waals surface area contributed by atoms with Crippen molar-refractivity contribution < 1.29 is 17.7 Å². The zero-order chi connectivity index (χ0) is 13.5. The molecule has 0 bridgehead atoms. The maximum Gasteiger partial charge on any atom is 0.248 e. The average molecular weight is 274 g/mol. The minimum Gasteiger partial charge on any atom is -0.373 e. The quantitative estimate of drug-likeness (QED) is 0.807. The number of hydrogen-bond acceptors (Lipinski definition) is 5. The molecular weight excluding hydrogens is 256 g/mol. The van der Waals surface area contributed by atoms with E-state index in [0.717, 1.165) is 0 Å². The molecule has 0 aromatic carbocycles. The van der Waals surface area contributed by atoms with Gasteiger partial charge < -0.3 is 9.26 Å². The van der Waals surface area contributed by atoms with Gasteiger partial charge in [-0.05, 0) is 27.7 Å². The Balaban J connectivity index is 2.37. The van der Waals surface area contributed by atoms with Crippen molar-refractivity contribution in [3.8, 4) is 0 Å². The lowest BCUT2D eigenvalue weighted by atomic mass is 10.3. The molecule has 102 valence electrons. The highest BCUT2D eigenvalue weighted by atomic mass is 32.2. The molecule has 6 nitrogen and oxygen atoms in total. The van der Waals surface area contributed by atoms with Crippen LogP contribution >= 0.6 is 0 Å². The zero-order valence-electron chi connectivity index (χ0n) is 11.0. The summed E-state index contributed by atoms with van der Waals surface area (Å²) in [6.45, 7) is 7.70. The van der Waals surface area contributed by atoms with Crippen LogP contribution in [-0.2, 0) is 14.8 Å². The molecule has 0 aliphatic carbocycles. The van der Waals surface area contributed by atoms with Gasteiger partial charge in [-0.2, -0.15) is 4.31 Å². The Morgan fingerprint density at radius 3 is 2.22 bits per heavy atom. The standard InChI is InChI=1S/C11H18N2O4S/c1-7-5-13(6-8(2)16-7)18(14,15)11-9(3)12-17-10(11)4/h7-8H,5-6H2,1-4H3/t7-,8-/m1/s1. The van der Waals surface area contributed by atoms with E-state index >= 15 is 0 Å². The van der Waals surface area contributed by atoms with Gasteiger partial charge in [0.05, 0.1) is 12.2 Å². The van der Waals surface area contributed by atoms with Crippen LogP contribution in [0.4, 0.5) is 0 Å². The number of rotatable bonds is 2. The molecule has 18 heavy (non-hydrogen) atoms. The summed E-state index contributed by atoms with van der Waals surface area (Å²) in [6, 6.07) is 0. The Kier molecular flexibility index (Phi) is 3.48. The van der Waals surface area contributed by atoms with Crippen LogP contribution in [0.25, 0.3) is 0 Å². The van der Waals surface area contributed by atoms with E-state index in [-0.39, 0.29) is 17.1 Å². The van der Waals surface area contributed by atoms with Crippen LogP contribution in [0.1, 0.15) is 25.3 Å². The third-order valence-electron chi connectivity index (χ3n) is 2.95. The van der Waals surface area contributed by atoms with E-state index in [1.54, 1.807) is 13.8 Å². The second-order valence-corrected chi connectivity index (χ2v) is 6.61. The molecule has 0 unspecified atom stereocenters. The van der Waals surface area contributed by atoms with Crippen LogP contribution in [0.2, 0.25) is 0 Å². The molecule has 0 spiro atoms. The number of aryl methyl sites for hydroxylation is 2. The number of morpholine rings is 1. The smallest absolute Gasteiger partial charge is 0.248 e. The minimum absolute atomic E-state index is 0.107. The van der Waals surface area contributed by atoms with Crippen molar-refractivity contribution in [3.63, 3.8) is 0 Å². The fourth-order valence-electron chi connectivity index (χ4n) is 2.30. The monoisotopic (exact) mass is 274 g/mol. The summed E-state index contributed by atoms with van der Waals surface area (Å²) in [5.41, 5.74) is 0.402. The molecule has 0 radical (unpaired) electrons. The summed E-state index contributed by atoms with van der Waals surface area (Å²) in [5.74, 6) is 0.333. The van der Waals surface area contributed by atoms with Crippen molar-refractivity contribution in [2.24, 2.45) is 0 Å². The molecule has 0 N–H and O–H groups in total. The summed E-state index contributed by atoms with van der Waals surface area (Å²) >= 11 is 0. The summed E-state index contributed by atoms with van der Waals surface area (Å²) in [7, 11) is -3.55. The van der Waals surface area contributed by atoms with Gasteiger partial charge >= 0.3 is 0 Å². The lowest BCUT2D eigenvalue weighted by Gasteiger charge is -2.34. The molecule has 1 aliphatic rings. The normalized spacial score (nSPS) is 26.4. The largest absolute Gasteiger partial charge is 0.373 e. The summed E-state index contributed by atoms with van der Waals surface area (Å²) < 4.78 is 37.0. The second-order valence-electron chi connectivity index (χ2n) is 4.73. The molecule has 1 saturated heterocycles. The highest BCUT2D eigenvalue weighted by molar-refractivity contribution is 7.89. The predicted molar refractivity (Wildman–Crippen MR) is 64.7 cm³/mol. The van der Waals surface area contributed by atoms with Gasteiger partial charge in [-0.15, -0.1) is 0 Å². The highest BCUT2D eigenvalue weighted by Crippen LogP contribution is 2.25. The fourth-order valence-corrected chi connectivity index (χ4v) is 4.18. The number of sulfonamides is 1. The van der Waals surface area contributed by atoms with Crippen LogP contribution in [0, 0.1) is 13.8 Å². The topological polar surface area (TPSA) is 72.6 Å². The molecule has 0 amide bonds. The van der Waals surface area contributed by atoms with Crippen molar-refractivity contribution in [2.45, 2.75) is 44.8 Å². The van der Waals surface area contributed by atoms with Crippen molar-refractivity contribution in [3.05, 3.63) is 11.5 Å². The summed E-state index contributed by atoms with van der Waals surface area (Å²) in [6.07, 6.45) is -0.215. The fraction of sp³-hybridized carbons (Fsp3) is 0.727. The van der Waals surface area contributed by atoms with Gasteiger partial charge in [-0.1, -0.05) is 5.16 Å². The highest BCUT2D eigenvalue weighted by Gasteiger charge is 2.35. The van der Waals surface area contributed by atoms with Crippen LogP contribution in [-0.4, -0.2) is 43.2 Å². The third-order valence-corrected chi connectivity index (χ3v) is 5.03. The van der Waals surface area contributed by atoms with Crippen molar-refractivity contribution >= 4 is 10.0 Å². The van der Waals surface area contributed by atoms with Crippen LogP contribution in [0.3, 0.4) is 0 Å². The van der Waals surface area contributed by atoms with Gasteiger partial charge in [0.15, 0.2) is 5.76 Å². The Bertz CT molecular complexity index is 508. The lowest BCUT2D eigenvalue weighted by molar-refractivity contribution is -0.0441. The first-order valence-electron chi connectivity index (χ1n) is 5.91. The molecule has 2 atom stereocenters. The molecule has 7 heteroatoms. The number of aromatic nitrogens is 1. The first kappa shape index (κ1) is 13.5. The van der Waals surface area contributed by atoms with Crippen molar-refractivity contribution in [1.29, 1.82) is 0 Å². The van der Waals surface area contributed by atoms with E-state index in [0.29, 0.717) is 24.5 Å². The SMILES string of the molecule is Cc1noc(C)c1S(=O)(=O)N1C[C@@H](C)O[C@H](C)C1. The molecule has 0 saturated carbocycles. The van der Waals surface area contributed by atoms with Gasteiger partial charge in [0.25, 0.3) is 0 Å². The van der Waals surface area contributed by atoms with Crippen molar-refractivity contribution in [2.75, 3.05) is 13.1 Å². The number of ether oxygens (including phenoxy) is 1. The van der Waals surface area contributed by atoms with Gasteiger partial charge in [0.1, 0.15) is 10.6 Å². The molecule has 1 aromatic rings. The second kappa shape index (κ2) is 4.64. The van der Waals surface area contributed by atoms with Crippen LogP contribution in [0.15, 0.2) is 9.42 Å². The van der Waals surface area contributed by atoms with E-state index in [4.69, 9.17) is 9.26 Å². The number of nitrogens with zero attached hydrogens (tertiary/aromatic N) is 2. The van der Waals surface area contributed by atoms with E-state index in [2.05, 4.69) is 5.16 Å². The minimum atomic E-state index is -3.55. The molecule has 1 aromatic heterocycles. The Morgan fingerprint density at radius 1 is 1.22 bits per heavy atom. The van der Waals surface area contributed by atoms with Gasteiger partial charge in [0, 0.05) is 13.1 Å². The van der Waals surface area contributed by atoms with E-state index in [1.807, 2.05) is 13.8 Å². The Morgan fingerprint density at radius 2 is 1.78 bits per heavy atom. The molecule has 1 fully saturated rings. The van der Waals surface area contributed by atoms with Gasteiger partial charge in [-0.3, -0.25) is 0 Å². The van der Waals surface area contributed by atoms with E-state index in [1.165, 1.54) is 4.31 Å². The maximum atomic E-state index is 12.6. The van der Waals surface area contributed by atoms with Gasteiger partial charge in [-0.25, -0.2) is 8.42 Å². The molecule has 1 aliphatic heterocycles. The predicted octanol–water partition coefficient (Wildman–Crippen LogP) is 1.09. The van der Waals surface area contributed by atoms with Crippen LogP contribution < -0.4 is 0 Å². The first-order chi connectivity index (χ1) is 8.32. The average Bonchev–Trinajstić information content (AvgIpc) is 2.57.